The van der Waals surface area contributed by atoms with Crippen LogP contribution in [0.4, 0.5) is 4.79 Å². The first-order valence-corrected chi connectivity index (χ1v) is 10.6. The topological polar surface area (TPSA) is 52.6 Å². The quantitative estimate of drug-likeness (QED) is 0.721. The minimum Gasteiger partial charge on any atom is -0.323 e. The molecule has 25 heavy (non-hydrogen) atoms. The Hall–Kier alpha value is -0.920. The predicted molar refractivity (Wildman–Crippen MR) is 103 cm³/mol. The third kappa shape index (κ3) is 3.38. The van der Waals surface area contributed by atoms with Crippen LogP contribution in [0, 0.1) is 11.8 Å². The van der Waals surface area contributed by atoms with Gasteiger partial charge in [0.1, 0.15) is 5.54 Å². The number of urea groups is 1. The summed E-state index contributed by atoms with van der Waals surface area (Å²) < 4.78 is 1.09. The van der Waals surface area contributed by atoms with E-state index in [-0.39, 0.29) is 23.8 Å². The summed E-state index contributed by atoms with van der Waals surface area (Å²) in [5.74, 6) is 0.324. The van der Waals surface area contributed by atoms with E-state index in [1.165, 1.54) is 9.78 Å². The van der Waals surface area contributed by atoms with Gasteiger partial charge >= 0.3 is 6.03 Å². The number of hydrogen-bond donors (Lipinski definition) is 1. The number of halogens is 1. The van der Waals surface area contributed by atoms with E-state index < -0.39 is 5.54 Å². The monoisotopic (exact) mass is 427 g/mol. The van der Waals surface area contributed by atoms with E-state index in [0.29, 0.717) is 6.67 Å². The Morgan fingerprint density at radius 2 is 2.00 bits per heavy atom. The Morgan fingerprint density at radius 3 is 2.56 bits per heavy atom. The van der Waals surface area contributed by atoms with Crippen LogP contribution in [0.25, 0.3) is 0 Å². The Kier molecular flexibility index (Phi) is 5.56. The molecule has 0 radical (unpaired) electrons. The first-order chi connectivity index (χ1) is 11.9. The van der Waals surface area contributed by atoms with Gasteiger partial charge in [-0.2, -0.15) is 0 Å². The second kappa shape index (κ2) is 7.37. The molecule has 2 atom stereocenters. The fraction of sp³-hybridized carbons (Fsp3) is 0.667. The molecule has 5 nitrogen and oxygen atoms in total. The van der Waals surface area contributed by atoms with E-state index in [4.69, 9.17) is 0 Å². The summed E-state index contributed by atoms with van der Waals surface area (Å²) in [5.41, 5.74) is -0.708. The Morgan fingerprint density at radius 1 is 1.32 bits per heavy atom. The smallest absolute Gasteiger partial charge is 0.323 e. The summed E-state index contributed by atoms with van der Waals surface area (Å²) in [6.07, 6.45) is 3.11. The third-order valence-electron chi connectivity index (χ3n) is 5.78. The predicted octanol–water partition coefficient (Wildman–Crippen LogP) is 4.04. The minimum absolute atomic E-state index is 0.0389. The highest BCUT2D eigenvalue weighted by molar-refractivity contribution is 9.11. The van der Waals surface area contributed by atoms with E-state index >= 15 is 0 Å². The highest BCUT2D eigenvalue weighted by Crippen LogP contribution is 2.42. The molecule has 2 heterocycles. The van der Waals surface area contributed by atoms with Crippen LogP contribution in [0.15, 0.2) is 15.9 Å². The SMILES string of the molecule is CCN(Cc1ccc(Br)s1)CN1C(=O)NC2(C1=O)[C@@H](C)CCC[C@@H]2C. The molecule has 0 aromatic carbocycles. The van der Waals surface area contributed by atoms with Crippen molar-refractivity contribution in [1.82, 2.24) is 15.1 Å². The van der Waals surface area contributed by atoms with Crippen molar-refractivity contribution in [3.05, 3.63) is 20.8 Å². The molecule has 138 valence electrons. The van der Waals surface area contributed by atoms with Crippen molar-refractivity contribution in [3.63, 3.8) is 0 Å². The van der Waals surface area contributed by atoms with Crippen LogP contribution in [-0.4, -0.2) is 40.5 Å². The van der Waals surface area contributed by atoms with Gasteiger partial charge in [0.15, 0.2) is 0 Å². The molecule has 1 aliphatic heterocycles. The first kappa shape index (κ1) is 18.9. The average Bonchev–Trinajstić information content (AvgIpc) is 3.08. The van der Waals surface area contributed by atoms with Crippen molar-refractivity contribution in [2.75, 3.05) is 13.2 Å². The van der Waals surface area contributed by atoms with Crippen molar-refractivity contribution in [2.45, 2.75) is 52.1 Å². The van der Waals surface area contributed by atoms with Crippen LogP contribution in [-0.2, 0) is 11.3 Å². The van der Waals surface area contributed by atoms with Crippen molar-refractivity contribution in [1.29, 1.82) is 0 Å². The van der Waals surface area contributed by atoms with E-state index in [1.54, 1.807) is 11.3 Å². The number of nitrogens with zero attached hydrogens (tertiary/aromatic N) is 2. The van der Waals surface area contributed by atoms with Crippen molar-refractivity contribution in [2.24, 2.45) is 11.8 Å². The van der Waals surface area contributed by atoms with Crippen LogP contribution in [0.5, 0.6) is 0 Å². The van der Waals surface area contributed by atoms with Gasteiger partial charge in [0.2, 0.25) is 0 Å². The molecule has 1 aromatic rings. The summed E-state index contributed by atoms with van der Waals surface area (Å²) in [5, 5.41) is 3.07. The van der Waals surface area contributed by atoms with Crippen LogP contribution >= 0.6 is 27.3 Å². The molecule has 3 amide bonds. The van der Waals surface area contributed by atoms with Crippen LogP contribution < -0.4 is 5.32 Å². The van der Waals surface area contributed by atoms with Gasteiger partial charge in [-0.3, -0.25) is 9.69 Å². The first-order valence-electron chi connectivity index (χ1n) is 8.99. The lowest BCUT2D eigenvalue weighted by Crippen LogP contribution is -2.59. The zero-order chi connectivity index (χ0) is 18.2. The van der Waals surface area contributed by atoms with E-state index in [9.17, 15) is 9.59 Å². The summed E-state index contributed by atoms with van der Waals surface area (Å²) >= 11 is 5.17. The lowest BCUT2D eigenvalue weighted by molar-refractivity contribution is -0.138. The second-order valence-electron chi connectivity index (χ2n) is 7.26. The normalized spacial score (nSPS) is 25.9. The Labute approximate surface area is 161 Å². The molecule has 1 aliphatic carbocycles. The van der Waals surface area contributed by atoms with Gasteiger partial charge in [-0.05, 0) is 59.3 Å². The zero-order valence-corrected chi connectivity index (χ0v) is 17.5. The molecule has 2 fully saturated rings. The van der Waals surface area contributed by atoms with Crippen LogP contribution in [0.1, 0.15) is 44.9 Å². The number of thiophene rings is 1. The van der Waals surface area contributed by atoms with Gasteiger partial charge in [-0.1, -0.05) is 27.2 Å². The maximum Gasteiger partial charge on any atom is 0.326 e. The lowest BCUT2D eigenvalue weighted by Gasteiger charge is -2.42. The number of carbonyl (C=O) groups excluding carboxylic acids is 2. The van der Waals surface area contributed by atoms with Crippen LogP contribution in [0.2, 0.25) is 0 Å². The van der Waals surface area contributed by atoms with Gasteiger partial charge in [-0.15, -0.1) is 11.3 Å². The highest BCUT2D eigenvalue weighted by Gasteiger charge is 2.58. The maximum atomic E-state index is 13.2. The summed E-state index contributed by atoms with van der Waals surface area (Å²) in [7, 11) is 0. The minimum atomic E-state index is -0.708. The van der Waals surface area contributed by atoms with Crippen LogP contribution in [0.3, 0.4) is 0 Å². The van der Waals surface area contributed by atoms with E-state index in [1.807, 2.05) is 6.07 Å². The van der Waals surface area contributed by atoms with Crippen molar-refractivity contribution >= 4 is 39.2 Å². The van der Waals surface area contributed by atoms with E-state index in [2.05, 4.69) is 53.0 Å². The molecule has 1 spiro atoms. The number of nitrogens with one attached hydrogen (secondary N) is 1. The largest absolute Gasteiger partial charge is 0.326 e. The molecule has 2 aliphatic rings. The van der Waals surface area contributed by atoms with Gasteiger partial charge in [0, 0.05) is 11.4 Å². The molecule has 1 N–H and O–H groups in total. The Bertz CT molecular complexity index is 653. The second-order valence-corrected chi connectivity index (χ2v) is 9.81. The van der Waals surface area contributed by atoms with Crippen molar-refractivity contribution in [3.8, 4) is 0 Å². The molecule has 1 saturated heterocycles. The molecule has 7 heteroatoms. The Balaban J connectivity index is 1.75. The molecular weight excluding hydrogens is 402 g/mol. The number of rotatable bonds is 5. The van der Waals surface area contributed by atoms with Crippen molar-refractivity contribution < 1.29 is 9.59 Å². The number of carbonyl (C=O) groups is 2. The summed E-state index contributed by atoms with van der Waals surface area (Å²) in [6, 6.07) is 3.87. The molecule has 1 aromatic heterocycles. The van der Waals surface area contributed by atoms with Gasteiger partial charge in [-0.25, -0.2) is 9.69 Å². The number of imide groups is 1. The zero-order valence-electron chi connectivity index (χ0n) is 15.0. The fourth-order valence-corrected chi connectivity index (χ4v) is 5.73. The van der Waals surface area contributed by atoms with E-state index in [0.717, 1.165) is 36.1 Å². The fourth-order valence-electron chi connectivity index (χ4n) is 4.20. The third-order valence-corrected chi connectivity index (χ3v) is 7.39. The molecule has 1 saturated carbocycles. The molecule has 3 rings (SSSR count). The maximum absolute atomic E-state index is 13.2. The summed E-state index contributed by atoms with van der Waals surface area (Å²) in [4.78, 5) is 30.6. The molecular formula is C18H26BrN3O2S. The van der Waals surface area contributed by atoms with Gasteiger partial charge in [0.05, 0.1) is 10.5 Å². The standard InChI is InChI=1S/C18H26BrN3O2S/c1-4-21(10-14-8-9-15(19)25-14)11-22-16(23)18(20-17(22)24)12(2)6-5-7-13(18)3/h8-9,12-13H,4-7,10-11H2,1-3H3,(H,20,24)/t12-,13-/m0/s1. The molecule has 0 unspecified atom stereocenters. The lowest BCUT2D eigenvalue weighted by atomic mass is 9.67. The average molecular weight is 428 g/mol. The number of hydrogen-bond acceptors (Lipinski definition) is 4. The highest BCUT2D eigenvalue weighted by atomic mass is 79.9. The summed E-state index contributed by atoms with van der Waals surface area (Å²) in [6.45, 7) is 8.11. The molecule has 0 bridgehead atoms. The van der Waals surface area contributed by atoms with Gasteiger partial charge < -0.3 is 5.32 Å². The number of amides is 3. The van der Waals surface area contributed by atoms with Gasteiger partial charge in [0.25, 0.3) is 5.91 Å².